The van der Waals surface area contributed by atoms with E-state index in [2.05, 4.69) is 52.0 Å². The zero-order valence-electron chi connectivity index (χ0n) is 18.9. The Kier molecular flexibility index (Phi) is 6.50. The molecule has 1 aliphatic carbocycles. The fourth-order valence-electron chi connectivity index (χ4n) is 3.93. The van der Waals surface area contributed by atoms with Gasteiger partial charge >= 0.3 is 12.1 Å². The molecule has 170 valence electrons. The summed E-state index contributed by atoms with van der Waals surface area (Å²) in [6.07, 6.45) is 0.738. The highest BCUT2D eigenvalue weighted by Crippen LogP contribution is 2.58. The van der Waals surface area contributed by atoms with E-state index in [0.29, 0.717) is 12.8 Å². The summed E-state index contributed by atoms with van der Waals surface area (Å²) in [5.41, 5.74) is 3.80. The van der Waals surface area contributed by atoms with Crippen molar-refractivity contribution in [1.29, 1.82) is 0 Å². The van der Waals surface area contributed by atoms with Crippen molar-refractivity contribution in [2.75, 3.05) is 13.3 Å². The van der Waals surface area contributed by atoms with E-state index in [1.165, 1.54) is 16.0 Å². The minimum Gasteiger partial charge on any atom is -0.449 e. The van der Waals surface area contributed by atoms with Crippen molar-refractivity contribution in [3.05, 3.63) is 59.7 Å². The van der Waals surface area contributed by atoms with E-state index in [-0.39, 0.29) is 29.3 Å². The van der Waals surface area contributed by atoms with Gasteiger partial charge in [-0.2, -0.15) is 0 Å². The molecule has 0 bridgehead atoms. The summed E-state index contributed by atoms with van der Waals surface area (Å²) in [6.45, 7) is 8.71. The van der Waals surface area contributed by atoms with Crippen LogP contribution in [0.4, 0.5) is 4.79 Å². The van der Waals surface area contributed by atoms with Gasteiger partial charge in [-0.3, -0.25) is 4.90 Å². The normalized spacial score (nSPS) is 22.2. The molecular formula is C25H29NO4S2. The lowest BCUT2D eigenvalue weighted by Gasteiger charge is -2.21. The Morgan fingerprint density at radius 1 is 1.16 bits per heavy atom. The summed E-state index contributed by atoms with van der Waals surface area (Å²) in [5.74, 6) is -0.314. The van der Waals surface area contributed by atoms with Crippen LogP contribution in [0.5, 0.6) is 0 Å². The highest BCUT2D eigenvalue weighted by atomic mass is 33.1. The van der Waals surface area contributed by atoms with Crippen LogP contribution in [0.3, 0.4) is 0 Å². The molecule has 2 atom stereocenters. The fraction of sp³-hybridized carbons (Fsp3) is 0.440. The summed E-state index contributed by atoms with van der Waals surface area (Å²) in [5, 5.41) is 0.0380. The number of amides is 1. The Morgan fingerprint density at radius 2 is 1.84 bits per heavy atom. The molecule has 2 aromatic rings. The van der Waals surface area contributed by atoms with Gasteiger partial charge in [0.05, 0.1) is 11.9 Å². The van der Waals surface area contributed by atoms with Crippen molar-refractivity contribution in [1.82, 2.24) is 4.90 Å². The molecule has 0 radical (unpaired) electrons. The molecule has 7 heteroatoms. The van der Waals surface area contributed by atoms with Crippen molar-refractivity contribution >= 4 is 33.7 Å². The first kappa shape index (κ1) is 23.1. The van der Waals surface area contributed by atoms with Gasteiger partial charge in [0.25, 0.3) is 0 Å². The number of nitrogens with zero attached hydrogens (tertiary/aromatic N) is 1. The number of hydrogen-bond donors (Lipinski definition) is 0. The smallest absolute Gasteiger partial charge is 0.413 e. The standard InChI is InChI=1S/C25H29NO4S2/c1-17-9-5-7-11-19(17)20-12-8-6-10-18(20)13-14-29-23(28)26-16-30-22(27)25(26)15-21(25)31-32-24(2,3)4/h5-12,21H,13-16H2,1-4H3. The molecule has 2 aliphatic rings. The maximum atomic E-state index is 12.8. The predicted molar refractivity (Wildman–Crippen MR) is 131 cm³/mol. The molecule has 1 amide bonds. The predicted octanol–water partition coefficient (Wildman–Crippen LogP) is 5.85. The van der Waals surface area contributed by atoms with Crippen LogP contribution in [0.1, 0.15) is 38.3 Å². The number of cyclic esters (lactones) is 1. The van der Waals surface area contributed by atoms with Gasteiger partial charge in [0.1, 0.15) is 0 Å². The lowest BCUT2D eigenvalue weighted by Crippen LogP contribution is -2.43. The second kappa shape index (κ2) is 9.02. The lowest BCUT2D eigenvalue weighted by atomic mass is 9.95. The third-order valence-electron chi connectivity index (χ3n) is 5.71. The van der Waals surface area contributed by atoms with Crippen LogP contribution in [0.15, 0.2) is 48.5 Å². The second-order valence-corrected chi connectivity index (χ2v) is 12.5. The molecule has 5 nitrogen and oxygen atoms in total. The molecule has 1 spiro atoms. The number of carbonyl (C=O) groups is 2. The van der Waals surface area contributed by atoms with E-state index >= 15 is 0 Å². The molecule has 0 aromatic heterocycles. The molecule has 2 aromatic carbocycles. The Hall–Kier alpha value is -2.12. The van der Waals surface area contributed by atoms with Gasteiger partial charge in [-0.05, 0) is 35.6 Å². The first-order valence-corrected chi connectivity index (χ1v) is 13.0. The van der Waals surface area contributed by atoms with Crippen molar-refractivity contribution in [3.63, 3.8) is 0 Å². The van der Waals surface area contributed by atoms with Crippen molar-refractivity contribution < 1.29 is 19.1 Å². The van der Waals surface area contributed by atoms with Gasteiger partial charge in [0.15, 0.2) is 12.3 Å². The Balaban J connectivity index is 1.38. The van der Waals surface area contributed by atoms with E-state index in [1.54, 1.807) is 21.6 Å². The second-order valence-electron chi connectivity index (χ2n) is 9.23. The Bertz CT molecular complexity index is 1020. The quantitative estimate of drug-likeness (QED) is 0.389. The minimum atomic E-state index is -0.862. The highest BCUT2D eigenvalue weighted by Gasteiger charge is 2.71. The maximum Gasteiger partial charge on any atom is 0.413 e. The van der Waals surface area contributed by atoms with Gasteiger partial charge in [-0.25, -0.2) is 9.59 Å². The molecule has 1 saturated carbocycles. The van der Waals surface area contributed by atoms with Crippen LogP contribution in [0.25, 0.3) is 11.1 Å². The third kappa shape index (κ3) is 4.64. The first-order chi connectivity index (χ1) is 15.2. The zero-order chi connectivity index (χ0) is 22.9. The van der Waals surface area contributed by atoms with Gasteiger partial charge in [0.2, 0.25) is 0 Å². The van der Waals surface area contributed by atoms with Crippen LogP contribution in [-0.2, 0) is 20.7 Å². The largest absolute Gasteiger partial charge is 0.449 e. The minimum absolute atomic E-state index is 0.0330. The van der Waals surface area contributed by atoms with Crippen LogP contribution < -0.4 is 0 Å². The molecule has 1 aliphatic heterocycles. The van der Waals surface area contributed by atoms with Crippen LogP contribution >= 0.6 is 21.6 Å². The molecule has 2 fully saturated rings. The summed E-state index contributed by atoms with van der Waals surface area (Å²) in [7, 11) is 3.38. The zero-order valence-corrected chi connectivity index (χ0v) is 20.6. The van der Waals surface area contributed by atoms with Gasteiger partial charge in [-0.15, -0.1) is 0 Å². The number of rotatable bonds is 6. The SMILES string of the molecule is Cc1ccccc1-c1ccccc1CCOC(=O)N1COC(=O)C12CC2SSC(C)(C)C. The van der Waals surface area contributed by atoms with Gasteiger partial charge < -0.3 is 9.47 Å². The number of esters is 1. The van der Waals surface area contributed by atoms with Crippen LogP contribution in [0, 0.1) is 6.92 Å². The third-order valence-corrected chi connectivity index (χ3v) is 9.58. The van der Waals surface area contributed by atoms with E-state index in [9.17, 15) is 9.59 Å². The first-order valence-electron chi connectivity index (χ1n) is 10.8. The fourth-order valence-corrected chi connectivity index (χ4v) is 6.94. The molecule has 1 saturated heterocycles. The molecule has 0 N–H and O–H groups in total. The Labute approximate surface area is 197 Å². The summed E-state index contributed by atoms with van der Waals surface area (Å²) in [6, 6.07) is 16.5. The number of ether oxygens (including phenoxy) is 2. The molecule has 4 rings (SSSR count). The number of carbonyl (C=O) groups excluding carboxylic acids is 2. The lowest BCUT2D eigenvalue weighted by molar-refractivity contribution is -0.139. The molecular weight excluding hydrogens is 442 g/mol. The van der Waals surface area contributed by atoms with E-state index < -0.39 is 11.6 Å². The Morgan fingerprint density at radius 3 is 2.56 bits per heavy atom. The molecule has 1 heterocycles. The van der Waals surface area contributed by atoms with E-state index in [0.717, 1.165) is 11.1 Å². The van der Waals surface area contributed by atoms with Gasteiger partial charge in [-0.1, -0.05) is 90.9 Å². The number of aryl methyl sites for hydroxylation is 1. The number of hydrogen-bond acceptors (Lipinski definition) is 6. The monoisotopic (exact) mass is 471 g/mol. The summed E-state index contributed by atoms with van der Waals surface area (Å²) >= 11 is 0. The molecule has 2 unspecified atom stereocenters. The van der Waals surface area contributed by atoms with Crippen molar-refractivity contribution in [2.45, 2.75) is 56.1 Å². The van der Waals surface area contributed by atoms with E-state index in [1.807, 2.05) is 24.3 Å². The summed E-state index contributed by atoms with van der Waals surface area (Å²) in [4.78, 5) is 26.8. The average molecular weight is 472 g/mol. The van der Waals surface area contributed by atoms with Crippen molar-refractivity contribution in [2.24, 2.45) is 0 Å². The average Bonchev–Trinajstić information content (AvgIpc) is 3.38. The number of benzene rings is 2. The van der Waals surface area contributed by atoms with Gasteiger partial charge in [0, 0.05) is 11.2 Å². The van der Waals surface area contributed by atoms with Crippen molar-refractivity contribution in [3.8, 4) is 11.1 Å². The molecule has 32 heavy (non-hydrogen) atoms. The van der Waals surface area contributed by atoms with Crippen LogP contribution in [0.2, 0.25) is 0 Å². The van der Waals surface area contributed by atoms with E-state index in [4.69, 9.17) is 9.47 Å². The highest BCUT2D eigenvalue weighted by molar-refractivity contribution is 8.77. The topological polar surface area (TPSA) is 55.8 Å². The van der Waals surface area contributed by atoms with Crippen LogP contribution in [-0.4, -0.2) is 45.8 Å². The maximum absolute atomic E-state index is 12.8. The summed E-state index contributed by atoms with van der Waals surface area (Å²) < 4.78 is 10.9.